The van der Waals surface area contributed by atoms with Gasteiger partial charge in [0.25, 0.3) is 0 Å². The van der Waals surface area contributed by atoms with Crippen molar-refractivity contribution in [3.8, 4) is 0 Å². The first kappa shape index (κ1) is 12.6. The van der Waals surface area contributed by atoms with Crippen LogP contribution in [0.2, 0.25) is 0 Å². The number of hydrogen-bond acceptors (Lipinski definition) is 2. The molecule has 2 atom stereocenters. The molecule has 2 unspecified atom stereocenters. The minimum absolute atomic E-state index is 0.429. The molecule has 3 rings (SSSR count). The van der Waals surface area contributed by atoms with Crippen molar-refractivity contribution >= 4 is 15.9 Å². The van der Waals surface area contributed by atoms with Crippen molar-refractivity contribution in [2.24, 2.45) is 0 Å². The lowest BCUT2D eigenvalue weighted by atomic mass is 10.1. The summed E-state index contributed by atoms with van der Waals surface area (Å²) in [6, 6.07) is 7.19. The maximum Gasteiger partial charge on any atom is 0.0699 e. The van der Waals surface area contributed by atoms with Crippen molar-refractivity contribution in [1.29, 1.82) is 0 Å². The van der Waals surface area contributed by atoms with Gasteiger partial charge in [0, 0.05) is 23.7 Å². The smallest absolute Gasteiger partial charge is 0.0699 e. The van der Waals surface area contributed by atoms with Crippen molar-refractivity contribution in [3.05, 3.63) is 33.8 Å². The number of aryl methyl sites for hydroxylation is 1. The van der Waals surface area contributed by atoms with E-state index in [2.05, 4.69) is 39.4 Å². The van der Waals surface area contributed by atoms with Crippen molar-refractivity contribution in [2.45, 2.75) is 44.2 Å². The highest BCUT2D eigenvalue weighted by molar-refractivity contribution is 9.10. The molecule has 1 heterocycles. The maximum atomic E-state index is 5.77. The molecule has 1 aliphatic heterocycles. The average molecular weight is 310 g/mol. The van der Waals surface area contributed by atoms with E-state index in [1.54, 1.807) is 0 Å². The van der Waals surface area contributed by atoms with Gasteiger partial charge in [-0.1, -0.05) is 22.0 Å². The van der Waals surface area contributed by atoms with Crippen LogP contribution >= 0.6 is 15.9 Å². The van der Waals surface area contributed by atoms with E-state index in [1.165, 1.54) is 47.7 Å². The van der Waals surface area contributed by atoms with Gasteiger partial charge in [-0.3, -0.25) is 0 Å². The molecule has 1 saturated heterocycles. The predicted octanol–water partition coefficient (Wildman–Crippen LogP) is 3.60. The van der Waals surface area contributed by atoms with Crippen LogP contribution in [0.1, 0.15) is 42.9 Å². The second-order valence-corrected chi connectivity index (χ2v) is 6.25. The molecule has 0 amide bonds. The first-order valence-electron chi connectivity index (χ1n) is 6.96. The quantitative estimate of drug-likeness (QED) is 0.921. The van der Waals surface area contributed by atoms with Crippen LogP contribution in [-0.2, 0) is 11.2 Å². The van der Waals surface area contributed by atoms with Crippen LogP contribution in [-0.4, -0.2) is 19.3 Å². The Morgan fingerprint density at radius 1 is 1.28 bits per heavy atom. The van der Waals surface area contributed by atoms with E-state index in [4.69, 9.17) is 4.74 Å². The number of benzene rings is 1. The Bertz CT molecular complexity index is 415. The minimum atomic E-state index is 0.429. The summed E-state index contributed by atoms with van der Waals surface area (Å²) in [7, 11) is 0. The molecule has 18 heavy (non-hydrogen) atoms. The lowest BCUT2D eigenvalue weighted by molar-refractivity contribution is 0.0153. The zero-order valence-corrected chi connectivity index (χ0v) is 12.2. The average Bonchev–Trinajstić information content (AvgIpc) is 2.80. The first-order chi connectivity index (χ1) is 8.83. The summed E-state index contributed by atoms with van der Waals surface area (Å²) in [5.41, 5.74) is 2.97. The van der Waals surface area contributed by atoms with Crippen molar-refractivity contribution < 1.29 is 4.74 Å². The number of fused-ring (bicyclic) bond motifs is 1. The normalized spacial score (nSPS) is 27.2. The van der Waals surface area contributed by atoms with Gasteiger partial charge in [-0.2, -0.15) is 0 Å². The van der Waals surface area contributed by atoms with Gasteiger partial charge in [-0.05, 0) is 55.4 Å². The molecule has 2 nitrogen and oxygen atoms in total. The number of rotatable bonds is 3. The van der Waals surface area contributed by atoms with Crippen LogP contribution in [0, 0.1) is 0 Å². The molecule has 1 fully saturated rings. The SMILES string of the molecule is Brc1ccc2c(c1)CCC2NCC1CCCCO1. The highest BCUT2D eigenvalue weighted by Crippen LogP contribution is 2.33. The fourth-order valence-electron chi connectivity index (χ4n) is 3.04. The molecule has 98 valence electrons. The van der Waals surface area contributed by atoms with Gasteiger partial charge in [0.15, 0.2) is 0 Å². The molecule has 1 aliphatic carbocycles. The highest BCUT2D eigenvalue weighted by atomic mass is 79.9. The Morgan fingerprint density at radius 2 is 2.22 bits per heavy atom. The number of halogens is 1. The van der Waals surface area contributed by atoms with E-state index in [0.29, 0.717) is 12.1 Å². The highest BCUT2D eigenvalue weighted by Gasteiger charge is 2.23. The maximum absolute atomic E-state index is 5.77. The van der Waals surface area contributed by atoms with Gasteiger partial charge in [-0.25, -0.2) is 0 Å². The fourth-order valence-corrected chi connectivity index (χ4v) is 3.45. The molecule has 3 heteroatoms. The molecule has 1 aromatic carbocycles. The third kappa shape index (κ3) is 2.79. The third-order valence-corrected chi connectivity index (χ3v) is 4.54. The van der Waals surface area contributed by atoms with Gasteiger partial charge in [0.2, 0.25) is 0 Å². The molecular formula is C15H20BrNO. The molecule has 0 spiro atoms. The van der Waals surface area contributed by atoms with E-state index in [0.717, 1.165) is 13.2 Å². The Morgan fingerprint density at radius 3 is 3.06 bits per heavy atom. The molecule has 0 saturated carbocycles. The van der Waals surface area contributed by atoms with Gasteiger partial charge in [0.05, 0.1) is 6.10 Å². The van der Waals surface area contributed by atoms with E-state index < -0.39 is 0 Å². The van der Waals surface area contributed by atoms with Crippen LogP contribution in [0.4, 0.5) is 0 Å². The van der Waals surface area contributed by atoms with E-state index >= 15 is 0 Å². The van der Waals surface area contributed by atoms with Gasteiger partial charge in [0.1, 0.15) is 0 Å². The predicted molar refractivity (Wildman–Crippen MR) is 76.8 cm³/mol. The molecular weight excluding hydrogens is 290 g/mol. The van der Waals surface area contributed by atoms with Gasteiger partial charge >= 0.3 is 0 Å². The Labute approximate surface area is 117 Å². The summed E-state index contributed by atoms with van der Waals surface area (Å²) < 4.78 is 6.97. The third-order valence-electron chi connectivity index (χ3n) is 4.05. The van der Waals surface area contributed by atoms with Crippen LogP contribution in [0.3, 0.4) is 0 Å². The van der Waals surface area contributed by atoms with Crippen molar-refractivity contribution in [2.75, 3.05) is 13.2 Å². The Kier molecular flexibility index (Phi) is 4.02. The van der Waals surface area contributed by atoms with Crippen LogP contribution < -0.4 is 5.32 Å². The van der Waals surface area contributed by atoms with E-state index in [1.807, 2.05) is 0 Å². The van der Waals surface area contributed by atoms with Crippen LogP contribution in [0.25, 0.3) is 0 Å². The van der Waals surface area contributed by atoms with Crippen molar-refractivity contribution in [3.63, 3.8) is 0 Å². The molecule has 0 aromatic heterocycles. The van der Waals surface area contributed by atoms with Crippen molar-refractivity contribution in [1.82, 2.24) is 5.32 Å². The first-order valence-corrected chi connectivity index (χ1v) is 7.75. The number of ether oxygens (including phenoxy) is 1. The second-order valence-electron chi connectivity index (χ2n) is 5.33. The molecule has 0 bridgehead atoms. The minimum Gasteiger partial charge on any atom is -0.377 e. The van der Waals surface area contributed by atoms with Crippen LogP contribution in [0.15, 0.2) is 22.7 Å². The van der Waals surface area contributed by atoms with E-state index in [-0.39, 0.29) is 0 Å². The van der Waals surface area contributed by atoms with Crippen LogP contribution in [0.5, 0.6) is 0 Å². The second kappa shape index (κ2) is 5.72. The fraction of sp³-hybridized carbons (Fsp3) is 0.600. The summed E-state index contributed by atoms with van der Waals surface area (Å²) in [5.74, 6) is 0. The standard InChI is InChI=1S/C15H20BrNO/c16-12-5-6-14-11(9-12)4-7-15(14)17-10-13-3-1-2-8-18-13/h5-6,9,13,15,17H,1-4,7-8,10H2. The Balaban J connectivity index is 1.59. The molecule has 0 radical (unpaired) electrons. The Hall–Kier alpha value is -0.380. The summed E-state index contributed by atoms with van der Waals surface area (Å²) in [6.07, 6.45) is 6.61. The lowest BCUT2D eigenvalue weighted by Gasteiger charge is -2.25. The topological polar surface area (TPSA) is 21.3 Å². The van der Waals surface area contributed by atoms with E-state index in [9.17, 15) is 0 Å². The zero-order chi connectivity index (χ0) is 12.4. The lowest BCUT2D eigenvalue weighted by Crippen LogP contribution is -2.33. The monoisotopic (exact) mass is 309 g/mol. The summed E-state index contributed by atoms with van der Waals surface area (Å²) in [5, 5.41) is 3.69. The number of hydrogen-bond donors (Lipinski definition) is 1. The zero-order valence-electron chi connectivity index (χ0n) is 10.6. The molecule has 2 aliphatic rings. The van der Waals surface area contributed by atoms with Gasteiger partial charge in [-0.15, -0.1) is 0 Å². The number of nitrogens with one attached hydrogen (secondary N) is 1. The summed E-state index contributed by atoms with van der Waals surface area (Å²) in [4.78, 5) is 0. The van der Waals surface area contributed by atoms with Gasteiger partial charge < -0.3 is 10.1 Å². The summed E-state index contributed by atoms with van der Waals surface area (Å²) >= 11 is 3.55. The molecule has 1 N–H and O–H groups in total. The molecule has 1 aromatic rings. The largest absolute Gasteiger partial charge is 0.377 e. The summed E-state index contributed by atoms with van der Waals surface area (Å²) in [6.45, 7) is 1.95.